The number of nitrogens with zero attached hydrogens (tertiary/aromatic N) is 2. The second-order valence-electron chi connectivity index (χ2n) is 7.72. The van der Waals surface area contributed by atoms with Crippen molar-refractivity contribution in [2.75, 3.05) is 13.1 Å². The SMILES string of the molecule is CC(=O)NC(=O)[N+]1(C(=O)[C@H](CC2CCCC2)CN(O)C=O)CCC[C@H]1C. The molecule has 0 aromatic rings. The van der Waals surface area contributed by atoms with Gasteiger partial charge in [0, 0.05) is 19.8 Å². The average molecular weight is 368 g/mol. The maximum atomic E-state index is 13.5. The summed E-state index contributed by atoms with van der Waals surface area (Å²) in [5.74, 6) is -1.07. The van der Waals surface area contributed by atoms with Gasteiger partial charge in [-0.2, -0.15) is 4.48 Å². The van der Waals surface area contributed by atoms with E-state index in [4.69, 9.17) is 0 Å². The predicted octanol–water partition coefficient (Wildman–Crippen LogP) is 1.81. The van der Waals surface area contributed by atoms with Crippen molar-refractivity contribution in [1.29, 1.82) is 0 Å². The molecule has 2 fully saturated rings. The molecule has 2 N–H and O–H groups in total. The topological polar surface area (TPSA) is 104 Å². The normalized spacial score (nSPS) is 27.1. The van der Waals surface area contributed by atoms with Crippen molar-refractivity contribution in [1.82, 2.24) is 10.4 Å². The van der Waals surface area contributed by atoms with Crippen LogP contribution in [0.3, 0.4) is 0 Å². The number of imide groups is 2. The lowest BCUT2D eigenvalue weighted by atomic mass is 9.91. The van der Waals surface area contributed by atoms with Crippen molar-refractivity contribution in [3.63, 3.8) is 0 Å². The Kier molecular flexibility index (Phi) is 6.88. The van der Waals surface area contributed by atoms with Crippen LogP contribution in [0.2, 0.25) is 0 Å². The number of amides is 5. The van der Waals surface area contributed by atoms with E-state index in [0.29, 0.717) is 36.8 Å². The molecule has 5 amide bonds. The molecule has 8 nitrogen and oxygen atoms in total. The van der Waals surface area contributed by atoms with Crippen molar-refractivity contribution >= 4 is 24.3 Å². The van der Waals surface area contributed by atoms with Gasteiger partial charge in [0.05, 0.1) is 19.0 Å². The Hall–Kier alpha value is -1.80. The van der Waals surface area contributed by atoms with Crippen LogP contribution in [0.1, 0.15) is 58.8 Å². The van der Waals surface area contributed by atoms with Gasteiger partial charge in [0.2, 0.25) is 12.3 Å². The first-order chi connectivity index (χ1) is 12.3. The number of urea groups is 1. The zero-order chi connectivity index (χ0) is 19.3. The maximum absolute atomic E-state index is 13.5. The Morgan fingerprint density at radius 1 is 1.23 bits per heavy atom. The lowest BCUT2D eigenvalue weighted by molar-refractivity contribution is -0.786. The lowest BCUT2D eigenvalue weighted by Crippen LogP contribution is -2.65. The molecule has 26 heavy (non-hydrogen) atoms. The Bertz CT molecular complexity index is 561. The molecule has 0 aromatic heterocycles. The summed E-state index contributed by atoms with van der Waals surface area (Å²) >= 11 is 0. The van der Waals surface area contributed by atoms with E-state index in [2.05, 4.69) is 5.32 Å². The Morgan fingerprint density at radius 3 is 2.38 bits per heavy atom. The Labute approximate surface area is 154 Å². The number of quaternary nitrogens is 1. The highest BCUT2D eigenvalue weighted by Crippen LogP contribution is 2.35. The van der Waals surface area contributed by atoms with Crippen LogP contribution >= 0.6 is 0 Å². The molecule has 1 aliphatic carbocycles. The van der Waals surface area contributed by atoms with E-state index in [9.17, 15) is 24.4 Å². The van der Waals surface area contributed by atoms with Crippen LogP contribution in [-0.4, -0.2) is 58.1 Å². The van der Waals surface area contributed by atoms with E-state index >= 15 is 0 Å². The highest BCUT2D eigenvalue weighted by atomic mass is 16.5. The molecule has 1 heterocycles. The number of carbonyl (C=O) groups excluding carboxylic acids is 4. The van der Waals surface area contributed by atoms with E-state index in [1.807, 2.05) is 6.92 Å². The zero-order valence-electron chi connectivity index (χ0n) is 15.6. The van der Waals surface area contributed by atoms with E-state index in [-0.39, 0.29) is 24.9 Å². The fourth-order valence-corrected chi connectivity index (χ4v) is 4.55. The van der Waals surface area contributed by atoms with Crippen LogP contribution in [-0.2, 0) is 14.4 Å². The minimum absolute atomic E-state index is 0.126. The van der Waals surface area contributed by atoms with Gasteiger partial charge in [-0.3, -0.25) is 14.8 Å². The number of carbonyl (C=O) groups is 4. The molecular formula is C18H30N3O5+. The van der Waals surface area contributed by atoms with Gasteiger partial charge in [0.15, 0.2) is 0 Å². The quantitative estimate of drug-likeness (QED) is 0.322. The smallest absolute Gasteiger partial charge is 0.286 e. The van der Waals surface area contributed by atoms with Gasteiger partial charge in [-0.25, -0.2) is 20.0 Å². The minimum Gasteiger partial charge on any atom is -0.286 e. The summed E-state index contributed by atoms with van der Waals surface area (Å²) in [6, 6.07) is -0.837. The van der Waals surface area contributed by atoms with Gasteiger partial charge in [0.1, 0.15) is 6.04 Å². The van der Waals surface area contributed by atoms with Crippen LogP contribution in [0.5, 0.6) is 0 Å². The van der Waals surface area contributed by atoms with Gasteiger partial charge in [-0.05, 0) is 19.3 Å². The average Bonchev–Trinajstić information content (AvgIpc) is 3.22. The number of nitrogens with one attached hydrogen (secondary N) is 1. The molecule has 146 valence electrons. The van der Waals surface area contributed by atoms with Crippen LogP contribution in [0, 0.1) is 11.8 Å². The minimum atomic E-state index is -0.633. The number of hydroxylamine groups is 2. The number of hydrogen-bond acceptors (Lipinski definition) is 5. The maximum Gasteiger partial charge on any atom is 0.430 e. The first-order valence-corrected chi connectivity index (χ1v) is 9.46. The van der Waals surface area contributed by atoms with Crippen molar-refractivity contribution in [2.45, 2.75) is 64.8 Å². The second-order valence-corrected chi connectivity index (χ2v) is 7.72. The number of hydrogen-bond donors (Lipinski definition) is 2. The standard InChI is InChI=1S/C18H29N3O5/c1-13-6-5-9-21(13,18(25)19-14(2)23)17(24)16(11-20(26)12-22)10-15-7-3-4-8-15/h12-13,15-16,26H,3-11H2,1-2H3/p+1/t13-,16-,21?/m1/s1. The van der Waals surface area contributed by atoms with Crippen LogP contribution < -0.4 is 5.32 Å². The molecule has 0 spiro atoms. The van der Waals surface area contributed by atoms with Gasteiger partial charge >= 0.3 is 11.9 Å². The second kappa shape index (κ2) is 8.73. The number of likely N-dealkylation sites (tertiary alicyclic amines) is 1. The summed E-state index contributed by atoms with van der Waals surface area (Å²) in [4.78, 5) is 48.6. The molecule has 0 bridgehead atoms. The van der Waals surface area contributed by atoms with Gasteiger partial charge in [0.25, 0.3) is 0 Å². The molecule has 2 rings (SSSR count). The highest BCUT2D eigenvalue weighted by Gasteiger charge is 2.55. The molecule has 1 aliphatic heterocycles. The molecule has 1 unspecified atom stereocenters. The van der Waals surface area contributed by atoms with Crippen LogP contribution in [0.15, 0.2) is 0 Å². The lowest BCUT2D eigenvalue weighted by Gasteiger charge is -2.36. The monoisotopic (exact) mass is 368 g/mol. The first kappa shape index (κ1) is 20.5. The van der Waals surface area contributed by atoms with E-state index < -0.39 is 22.3 Å². The third-order valence-electron chi connectivity index (χ3n) is 5.89. The van der Waals surface area contributed by atoms with Crippen LogP contribution in [0.4, 0.5) is 4.79 Å². The summed E-state index contributed by atoms with van der Waals surface area (Å²) in [5, 5.41) is 12.4. The van der Waals surface area contributed by atoms with E-state index in [0.717, 1.165) is 25.7 Å². The van der Waals surface area contributed by atoms with Crippen molar-refractivity contribution in [3.05, 3.63) is 0 Å². The Balaban J connectivity index is 2.29. The van der Waals surface area contributed by atoms with Crippen LogP contribution in [0.25, 0.3) is 0 Å². The molecule has 3 atom stereocenters. The molecule has 1 saturated carbocycles. The third kappa shape index (κ3) is 4.29. The van der Waals surface area contributed by atoms with Crippen molar-refractivity contribution in [2.24, 2.45) is 11.8 Å². The number of rotatable bonds is 6. The third-order valence-corrected chi connectivity index (χ3v) is 5.89. The fraction of sp³-hybridized carbons (Fsp3) is 0.778. The largest absolute Gasteiger partial charge is 0.430 e. The first-order valence-electron chi connectivity index (χ1n) is 9.46. The van der Waals surface area contributed by atoms with E-state index in [1.54, 1.807) is 0 Å². The van der Waals surface area contributed by atoms with E-state index in [1.165, 1.54) is 6.92 Å². The zero-order valence-corrected chi connectivity index (χ0v) is 15.6. The highest BCUT2D eigenvalue weighted by molar-refractivity contribution is 5.95. The molecule has 8 heteroatoms. The summed E-state index contributed by atoms with van der Waals surface area (Å²) in [6.07, 6.45) is 6.52. The predicted molar refractivity (Wildman–Crippen MR) is 92.7 cm³/mol. The van der Waals surface area contributed by atoms with Gasteiger partial charge in [-0.15, -0.1) is 0 Å². The molecule has 2 aliphatic rings. The van der Waals surface area contributed by atoms with Crippen molar-refractivity contribution in [3.8, 4) is 0 Å². The Morgan fingerprint density at radius 2 is 1.88 bits per heavy atom. The summed E-state index contributed by atoms with van der Waals surface area (Å²) in [6.45, 7) is 3.30. The molecule has 1 saturated heterocycles. The molecule has 0 radical (unpaired) electrons. The van der Waals surface area contributed by atoms with Gasteiger partial charge in [-0.1, -0.05) is 25.7 Å². The molecule has 0 aromatic carbocycles. The van der Waals surface area contributed by atoms with Gasteiger partial charge < -0.3 is 0 Å². The fourth-order valence-electron chi connectivity index (χ4n) is 4.55. The summed E-state index contributed by atoms with van der Waals surface area (Å²) < 4.78 is -0.427. The summed E-state index contributed by atoms with van der Waals surface area (Å²) in [7, 11) is 0. The summed E-state index contributed by atoms with van der Waals surface area (Å²) in [5.41, 5.74) is 0. The molecular weight excluding hydrogens is 338 g/mol. The van der Waals surface area contributed by atoms with Crippen molar-refractivity contribution < 1.29 is 28.9 Å².